The summed E-state index contributed by atoms with van der Waals surface area (Å²) in [5.41, 5.74) is 1.19. The molecule has 1 aliphatic rings. The van der Waals surface area contributed by atoms with E-state index in [1.54, 1.807) is 23.0 Å². The van der Waals surface area contributed by atoms with Gasteiger partial charge in [-0.1, -0.05) is 17.3 Å². The molecule has 0 bridgehead atoms. The summed E-state index contributed by atoms with van der Waals surface area (Å²) in [6.07, 6.45) is 2.54. The van der Waals surface area contributed by atoms with Crippen LogP contribution in [0.3, 0.4) is 0 Å². The van der Waals surface area contributed by atoms with Crippen molar-refractivity contribution in [1.82, 2.24) is 20.3 Å². The first-order valence-corrected chi connectivity index (χ1v) is 9.00. The van der Waals surface area contributed by atoms with Gasteiger partial charge in [0, 0.05) is 13.0 Å². The number of morpholine rings is 1. The molecule has 3 rings (SSSR count). The minimum absolute atomic E-state index is 0.130. The minimum Gasteiger partial charge on any atom is -0.370 e. The van der Waals surface area contributed by atoms with Crippen LogP contribution in [0.15, 0.2) is 30.5 Å². The molecule has 1 fully saturated rings. The molecule has 1 aromatic heterocycles. The van der Waals surface area contributed by atoms with Crippen molar-refractivity contribution in [2.24, 2.45) is 0 Å². The topological polar surface area (TPSA) is 73.5 Å². The third-order valence-corrected chi connectivity index (χ3v) is 4.68. The average molecular weight is 362 g/mol. The number of halogens is 1. The van der Waals surface area contributed by atoms with E-state index in [1.807, 2.05) is 6.92 Å². The number of nitrogens with zero attached hydrogens (tertiary/aromatic N) is 3. The molecule has 2 aromatic rings. The third kappa shape index (κ3) is 4.86. The number of hydrogen-bond donors (Lipinski definition) is 2. The molecule has 7 nitrogen and oxygen atoms in total. The first-order valence-electron chi connectivity index (χ1n) is 9.00. The van der Waals surface area contributed by atoms with Crippen molar-refractivity contribution in [1.29, 1.82) is 0 Å². The molecule has 0 radical (unpaired) electrons. The van der Waals surface area contributed by atoms with Crippen LogP contribution in [0.4, 0.5) is 4.39 Å². The van der Waals surface area contributed by atoms with Gasteiger partial charge in [-0.05, 0) is 24.6 Å². The smallest absolute Gasteiger partial charge is 0.273 e. The van der Waals surface area contributed by atoms with E-state index in [0.717, 1.165) is 44.8 Å². The standard InChI is InChI=1S/C18H24FN5O2/c1-14(15-3-5-16(19)6-4-15)24-13-17(21-22-24)18(25)20-7-2-8-23-9-11-26-12-10-23/h3-6,13-14H,2,7-12H2,1H3,(H,20,25)/p+1/t14-/m1/s1. The second-order valence-corrected chi connectivity index (χ2v) is 6.53. The summed E-state index contributed by atoms with van der Waals surface area (Å²) in [6, 6.07) is 6.10. The lowest BCUT2D eigenvalue weighted by Gasteiger charge is -2.23. The van der Waals surface area contributed by atoms with E-state index >= 15 is 0 Å². The monoisotopic (exact) mass is 362 g/mol. The number of hydrogen-bond acceptors (Lipinski definition) is 4. The van der Waals surface area contributed by atoms with Gasteiger partial charge in [-0.25, -0.2) is 9.07 Å². The van der Waals surface area contributed by atoms with Gasteiger partial charge < -0.3 is 15.0 Å². The third-order valence-electron chi connectivity index (χ3n) is 4.68. The average Bonchev–Trinajstić information content (AvgIpc) is 3.16. The van der Waals surface area contributed by atoms with Crippen molar-refractivity contribution >= 4 is 5.91 Å². The van der Waals surface area contributed by atoms with E-state index in [1.165, 1.54) is 17.0 Å². The first-order chi connectivity index (χ1) is 12.6. The predicted octanol–water partition coefficient (Wildman–Crippen LogP) is 0.0615. The molecule has 26 heavy (non-hydrogen) atoms. The highest BCUT2D eigenvalue weighted by molar-refractivity contribution is 5.91. The number of carbonyl (C=O) groups is 1. The summed E-state index contributed by atoms with van der Waals surface area (Å²) in [4.78, 5) is 13.7. The first kappa shape index (κ1) is 18.5. The van der Waals surface area contributed by atoms with Crippen LogP contribution in [-0.2, 0) is 4.74 Å². The van der Waals surface area contributed by atoms with Crippen LogP contribution >= 0.6 is 0 Å². The van der Waals surface area contributed by atoms with Crippen molar-refractivity contribution < 1.29 is 18.8 Å². The van der Waals surface area contributed by atoms with E-state index in [-0.39, 0.29) is 23.5 Å². The van der Waals surface area contributed by atoms with E-state index in [2.05, 4.69) is 15.6 Å². The zero-order valence-corrected chi connectivity index (χ0v) is 14.9. The van der Waals surface area contributed by atoms with Crippen molar-refractivity contribution in [2.45, 2.75) is 19.4 Å². The number of carbonyl (C=O) groups excluding carboxylic acids is 1. The summed E-state index contributed by atoms with van der Waals surface area (Å²) in [6.45, 7) is 7.26. The summed E-state index contributed by atoms with van der Waals surface area (Å²) in [7, 11) is 0. The Bertz CT molecular complexity index is 713. The van der Waals surface area contributed by atoms with Crippen molar-refractivity contribution in [3.63, 3.8) is 0 Å². The Hall–Kier alpha value is -2.32. The van der Waals surface area contributed by atoms with Gasteiger partial charge in [-0.3, -0.25) is 4.79 Å². The predicted molar refractivity (Wildman–Crippen MR) is 93.6 cm³/mol. The van der Waals surface area contributed by atoms with E-state index < -0.39 is 0 Å². The fourth-order valence-corrected chi connectivity index (χ4v) is 3.01. The molecule has 0 unspecified atom stereocenters. The number of amides is 1. The lowest BCUT2D eigenvalue weighted by molar-refractivity contribution is -0.908. The van der Waals surface area contributed by atoms with Crippen molar-refractivity contribution in [3.05, 3.63) is 47.5 Å². The maximum Gasteiger partial charge on any atom is 0.273 e. The molecule has 0 aliphatic carbocycles. The second-order valence-electron chi connectivity index (χ2n) is 6.53. The van der Waals surface area contributed by atoms with Gasteiger partial charge >= 0.3 is 0 Å². The number of quaternary nitrogens is 1. The molecule has 2 heterocycles. The number of nitrogens with one attached hydrogen (secondary N) is 2. The lowest BCUT2D eigenvalue weighted by atomic mass is 10.1. The van der Waals surface area contributed by atoms with E-state index in [4.69, 9.17) is 4.74 Å². The van der Waals surface area contributed by atoms with E-state index in [9.17, 15) is 9.18 Å². The molecule has 1 amide bonds. The second kappa shape index (κ2) is 8.86. The van der Waals surface area contributed by atoms with Crippen LogP contribution in [0.2, 0.25) is 0 Å². The van der Waals surface area contributed by atoms with Gasteiger partial charge in [0.05, 0.1) is 32.0 Å². The SMILES string of the molecule is C[C@H](c1ccc(F)cc1)n1cc(C(=O)NCCC[NH+]2CCOCC2)nn1. The molecule has 0 saturated carbocycles. The highest BCUT2D eigenvalue weighted by Crippen LogP contribution is 2.17. The molecule has 0 spiro atoms. The number of benzene rings is 1. The Kier molecular flexibility index (Phi) is 6.30. The van der Waals surface area contributed by atoms with Gasteiger partial charge in [0.15, 0.2) is 5.69 Å². The van der Waals surface area contributed by atoms with Crippen LogP contribution in [0.25, 0.3) is 0 Å². The minimum atomic E-state index is -0.279. The highest BCUT2D eigenvalue weighted by Gasteiger charge is 2.16. The van der Waals surface area contributed by atoms with Crippen LogP contribution in [0, 0.1) is 5.82 Å². The number of rotatable bonds is 7. The van der Waals surface area contributed by atoms with Crippen molar-refractivity contribution in [2.75, 3.05) is 39.4 Å². The fourth-order valence-electron chi connectivity index (χ4n) is 3.01. The molecular weight excluding hydrogens is 337 g/mol. The molecule has 140 valence electrons. The van der Waals surface area contributed by atoms with Crippen LogP contribution in [-0.4, -0.2) is 60.3 Å². The van der Waals surface area contributed by atoms with Crippen LogP contribution in [0.1, 0.15) is 35.4 Å². The summed E-state index contributed by atoms with van der Waals surface area (Å²) in [5.74, 6) is -0.502. The maximum atomic E-state index is 13.0. The van der Waals surface area contributed by atoms with E-state index in [0.29, 0.717) is 6.54 Å². The Morgan fingerprint density at radius 3 is 2.81 bits per heavy atom. The van der Waals surface area contributed by atoms with Gasteiger partial charge in [0.2, 0.25) is 0 Å². The Morgan fingerprint density at radius 1 is 1.35 bits per heavy atom. The number of aromatic nitrogens is 3. The Labute approximate surface area is 152 Å². The number of ether oxygens (including phenoxy) is 1. The molecule has 1 aromatic carbocycles. The Balaban J connectivity index is 1.47. The molecule has 1 atom stereocenters. The molecule has 1 saturated heterocycles. The summed E-state index contributed by atoms with van der Waals surface area (Å²) < 4.78 is 20.0. The van der Waals surface area contributed by atoms with Gasteiger partial charge in [-0.2, -0.15) is 0 Å². The summed E-state index contributed by atoms with van der Waals surface area (Å²) in [5, 5.41) is 10.9. The van der Waals surface area contributed by atoms with Gasteiger partial charge in [0.1, 0.15) is 18.9 Å². The molecule has 8 heteroatoms. The molecule has 2 N–H and O–H groups in total. The fraction of sp³-hybridized carbons (Fsp3) is 0.500. The van der Waals surface area contributed by atoms with Gasteiger partial charge in [0.25, 0.3) is 5.91 Å². The quantitative estimate of drug-likeness (QED) is 0.684. The molecule has 1 aliphatic heterocycles. The van der Waals surface area contributed by atoms with Gasteiger partial charge in [-0.15, -0.1) is 5.10 Å². The normalized spacial score (nSPS) is 16.4. The van der Waals surface area contributed by atoms with Crippen molar-refractivity contribution in [3.8, 4) is 0 Å². The zero-order chi connectivity index (χ0) is 18.4. The zero-order valence-electron chi connectivity index (χ0n) is 14.9. The Morgan fingerprint density at radius 2 is 2.08 bits per heavy atom. The molecular formula is C18H25FN5O2+. The summed E-state index contributed by atoms with van der Waals surface area (Å²) >= 11 is 0. The maximum absolute atomic E-state index is 13.0. The largest absolute Gasteiger partial charge is 0.370 e. The lowest BCUT2D eigenvalue weighted by Crippen LogP contribution is -3.14. The van der Waals surface area contributed by atoms with Crippen LogP contribution in [0.5, 0.6) is 0 Å². The highest BCUT2D eigenvalue weighted by atomic mass is 19.1. The van der Waals surface area contributed by atoms with Crippen LogP contribution < -0.4 is 10.2 Å².